The first-order chi connectivity index (χ1) is 5.31. The van der Waals surface area contributed by atoms with Crippen molar-refractivity contribution in [3.8, 4) is 0 Å². The number of nitrogens with one attached hydrogen (secondary N) is 2. The Morgan fingerprint density at radius 3 is 2.64 bits per heavy atom. The average molecular weight is 160 g/mol. The molecule has 0 heterocycles. The van der Waals surface area contributed by atoms with E-state index in [0.29, 0.717) is 0 Å². The van der Waals surface area contributed by atoms with Crippen LogP contribution in [0.25, 0.3) is 0 Å². The van der Waals surface area contributed by atoms with E-state index in [4.69, 9.17) is 5.73 Å². The quantitative estimate of drug-likeness (QED) is 0.330. The number of nitrogens with zero attached hydrogens (tertiary/aromatic N) is 1. The van der Waals surface area contributed by atoms with E-state index in [-0.39, 0.29) is 0 Å². The van der Waals surface area contributed by atoms with Crippen LogP contribution in [0.4, 0.5) is 0 Å². The fourth-order valence-corrected chi connectivity index (χ4v) is 0.895. The lowest BCUT2D eigenvalue weighted by atomic mass is 10.4. The number of hydrogen-bond acceptors (Lipinski definition) is 4. The third kappa shape index (κ3) is 7.74. The van der Waals surface area contributed by atoms with Crippen molar-refractivity contribution in [2.45, 2.75) is 6.42 Å². The van der Waals surface area contributed by atoms with Crippen LogP contribution in [0.15, 0.2) is 0 Å². The van der Waals surface area contributed by atoms with Gasteiger partial charge in [0.1, 0.15) is 0 Å². The van der Waals surface area contributed by atoms with Gasteiger partial charge in [0.2, 0.25) is 0 Å². The Balaban J connectivity index is 2.97. The molecule has 0 amide bonds. The number of hydrogen-bond donors (Lipinski definition) is 3. The molecule has 0 fully saturated rings. The monoisotopic (exact) mass is 160 g/mol. The van der Waals surface area contributed by atoms with Gasteiger partial charge in [0.05, 0.1) is 0 Å². The predicted molar refractivity (Wildman–Crippen MR) is 48.2 cm³/mol. The molecule has 0 saturated carbocycles. The molecule has 0 spiro atoms. The van der Waals surface area contributed by atoms with Crippen molar-refractivity contribution >= 4 is 0 Å². The van der Waals surface area contributed by atoms with Crippen molar-refractivity contribution < 1.29 is 0 Å². The lowest BCUT2D eigenvalue weighted by Gasteiger charge is -2.14. The minimum Gasteiger partial charge on any atom is -0.329 e. The molecule has 0 aromatic carbocycles. The fraction of sp³-hybridized carbons (Fsp3) is 1.00. The molecule has 0 aliphatic rings. The van der Waals surface area contributed by atoms with Gasteiger partial charge in [-0.25, -0.2) is 0 Å². The van der Waals surface area contributed by atoms with E-state index in [2.05, 4.69) is 22.8 Å². The van der Waals surface area contributed by atoms with Gasteiger partial charge in [-0.15, -0.1) is 0 Å². The highest BCUT2D eigenvalue weighted by atomic mass is 15.3. The third-order valence-corrected chi connectivity index (χ3v) is 1.53. The van der Waals surface area contributed by atoms with Crippen molar-refractivity contribution in [3.05, 3.63) is 0 Å². The van der Waals surface area contributed by atoms with Gasteiger partial charge in [0.25, 0.3) is 0 Å². The summed E-state index contributed by atoms with van der Waals surface area (Å²) in [5.41, 5.74) is 11.3. The van der Waals surface area contributed by atoms with Gasteiger partial charge in [0.15, 0.2) is 0 Å². The summed E-state index contributed by atoms with van der Waals surface area (Å²) in [5, 5.41) is 0. The summed E-state index contributed by atoms with van der Waals surface area (Å²) in [7, 11) is 3.97. The van der Waals surface area contributed by atoms with Crippen LogP contribution in [0.1, 0.15) is 6.42 Å². The predicted octanol–water partition coefficient (Wildman–Crippen LogP) is -1.01. The molecule has 4 heteroatoms. The minimum atomic E-state index is 0.746. The van der Waals surface area contributed by atoms with Gasteiger partial charge in [-0.1, -0.05) is 0 Å². The number of rotatable bonds is 7. The maximum atomic E-state index is 5.39. The SMILES string of the molecule is CNNCCCN(C)CCN. The smallest absolute Gasteiger partial charge is 0.0112 e. The fourth-order valence-electron chi connectivity index (χ4n) is 0.895. The molecular formula is C7H20N4. The Kier molecular flexibility index (Phi) is 7.83. The zero-order valence-electron chi connectivity index (χ0n) is 7.56. The maximum absolute atomic E-state index is 5.39. The number of hydrazine groups is 1. The van der Waals surface area contributed by atoms with Crippen LogP contribution in [0.2, 0.25) is 0 Å². The molecule has 0 aliphatic heterocycles. The van der Waals surface area contributed by atoms with Crippen LogP contribution >= 0.6 is 0 Å². The van der Waals surface area contributed by atoms with E-state index >= 15 is 0 Å². The molecular weight excluding hydrogens is 140 g/mol. The van der Waals surface area contributed by atoms with Crippen molar-refractivity contribution in [3.63, 3.8) is 0 Å². The average Bonchev–Trinajstić information content (AvgIpc) is 1.99. The standard InChI is InChI=1S/C7H20N4/c1-9-10-5-3-6-11(2)7-4-8/h9-10H,3-8H2,1-2H3. The van der Waals surface area contributed by atoms with Crippen LogP contribution in [0, 0.1) is 0 Å². The van der Waals surface area contributed by atoms with E-state index in [1.54, 1.807) is 0 Å². The molecule has 0 bridgehead atoms. The first-order valence-electron chi connectivity index (χ1n) is 4.09. The summed E-state index contributed by atoms with van der Waals surface area (Å²) < 4.78 is 0. The van der Waals surface area contributed by atoms with Crippen molar-refractivity contribution in [2.24, 2.45) is 5.73 Å². The first kappa shape index (κ1) is 10.8. The van der Waals surface area contributed by atoms with E-state index < -0.39 is 0 Å². The Labute approximate surface area is 69.1 Å². The van der Waals surface area contributed by atoms with Crippen LogP contribution in [0.3, 0.4) is 0 Å². The Morgan fingerprint density at radius 1 is 1.36 bits per heavy atom. The van der Waals surface area contributed by atoms with Gasteiger partial charge in [-0.2, -0.15) is 0 Å². The van der Waals surface area contributed by atoms with Crippen molar-refractivity contribution in [2.75, 3.05) is 40.3 Å². The summed E-state index contributed by atoms with van der Waals surface area (Å²) in [6, 6.07) is 0. The van der Waals surface area contributed by atoms with Gasteiger partial charge in [-0.3, -0.25) is 10.9 Å². The van der Waals surface area contributed by atoms with Gasteiger partial charge >= 0.3 is 0 Å². The molecule has 0 unspecified atom stereocenters. The molecule has 0 atom stereocenters. The Morgan fingerprint density at radius 2 is 2.09 bits per heavy atom. The lowest BCUT2D eigenvalue weighted by molar-refractivity contribution is 0.333. The molecule has 0 radical (unpaired) electrons. The molecule has 11 heavy (non-hydrogen) atoms. The Hall–Kier alpha value is -0.160. The highest BCUT2D eigenvalue weighted by Gasteiger charge is 1.94. The van der Waals surface area contributed by atoms with Gasteiger partial charge in [-0.05, 0) is 27.1 Å². The molecule has 68 valence electrons. The third-order valence-electron chi connectivity index (χ3n) is 1.53. The normalized spacial score (nSPS) is 10.9. The van der Waals surface area contributed by atoms with Crippen LogP contribution < -0.4 is 16.6 Å². The maximum Gasteiger partial charge on any atom is 0.0112 e. The summed E-state index contributed by atoms with van der Waals surface area (Å²) in [4.78, 5) is 2.23. The second kappa shape index (κ2) is 7.94. The zero-order valence-corrected chi connectivity index (χ0v) is 7.56. The number of nitrogens with two attached hydrogens (primary N) is 1. The topological polar surface area (TPSA) is 53.3 Å². The highest BCUT2D eigenvalue weighted by molar-refractivity contribution is 4.52. The van der Waals surface area contributed by atoms with Gasteiger partial charge in [0, 0.05) is 19.6 Å². The second-order valence-electron chi connectivity index (χ2n) is 2.62. The number of likely N-dealkylation sites (N-methyl/N-ethyl adjacent to an activating group) is 1. The van der Waals surface area contributed by atoms with Gasteiger partial charge < -0.3 is 10.6 Å². The van der Waals surface area contributed by atoms with E-state index in [9.17, 15) is 0 Å². The molecule has 0 aromatic rings. The Bertz CT molecular complexity index is 76.8. The lowest BCUT2D eigenvalue weighted by Crippen LogP contribution is -2.32. The van der Waals surface area contributed by atoms with Crippen LogP contribution in [0.5, 0.6) is 0 Å². The summed E-state index contributed by atoms with van der Waals surface area (Å²) in [5.74, 6) is 0. The van der Waals surface area contributed by atoms with Crippen LogP contribution in [-0.2, 0) is 0 Å². The van der Waals surface area contributed by atoms with Crippen molar-refractivity contribution in [1.82, 2.24) is 15.8 Å². The molecule has 0 saturated heterocycles. The molecule has 4 nitrogen and oxygen atoms in total. The molecule has 4 N–H and O–H groups in total. The molecule has 0 rings (SSSR count). The molecule has 0 aromatic heterocycles. The molecule has 0 aliphatic carbocycles. The zero-order chi connectivity index (χ0) is 8.53. The largest absolute Gasteiger partial charge is 0.329 e. The highest BCUT2D eigenvalue weighted by Crippen LogP contribution is 1.83. The van der Waals surface area contributed by atoms with E-state index in [0.717, 1.165) is 32.6 Å². The minimum absolute atomic E-state index is 0.746. The first-order valence-corrected chi connectivity index (χ1v) is 4.09. The van der Waals surface area contributed by atoms with E-state index in [1.165, 1.54) is 0 Å². The van der Waals surface area contributed by atoms with Crippen LogP contribution in [-0.4, -0.2) is 45.2 Å². The summed E-state index contributed by atoms with van der Waals surface area (Å²) in [6.07, 6.45) is 1.15. The van der Waals surface area contributed by atoms with Crippen molar-refractivity contribution in [1.29, 1.82) is 0 Å². The summed E-state index contributed by atoms with van der Waals surface area (Å²) in [6.45, 7) is 3.84. The second-order valence-corrected chi connectivity index (χ2v) is 2.62. The van der Waals surface area contributed by atoms with E-state index in [1.807, 2.05) is 7.05 Å². The summed E-state index contributed by atoms with van der Waals surface area (Å²) >= 11 is 0.